The van der Waals surface area contributed by atoms with Crippen LogP contribution in [0.4, 0.5) is 0 Å². The molecule has 1 fully saturated rings. The Morgan fingerprint density at radius 2 is 1.25 bits per heavy atom. The Bertz CT molecular complexity index is 254. The van der Waals surface area contributed by atoms with Gasteiger partial charge in [-0.1, -0.05) is 90.4 Å². The van der Waals surface area contributed by atoms with E-state index >= 15 is 0 Å². The average Bonchev–Trinajstić information content (AvgIpc) is 3.00. The van der Waals surface area contributed by atoms with Gasteiger partial charge in [-0.15, -0.1) is 0 Å². The van der Waals surface area contributed by atoms with E-state index in [2.05, 4.69) is 13.8 Å². The van der Waals surface area contributed by atoms with Gasteiger partial charge in [-0.3, -0.25) is 0 Å². The fraction of sp³-hybridized carbons (Fsp3) is 0.955. The molecule has 143 valence electrons. The van der Waals surface area contributed by atoms with Crippen molar-refractivity contribution in [1.82, 2.24) is 0 Å². The molecule has 1 aliphatic rings. The molecule has 1 heterocycles. The van der Waals surface area contributed by atoms with Crippen molar-refractivity contribution in [2.75, 3.05) is 13.2 Å². The lowest BCUT2D eigenvalue weighted by molar-refractivity contribution is -0.00292. The highest BCUT2D eigenvalue weighted by atomic mass is 16.5. The summed E-state index contributed by atoms with van der Waals surface area (Å²) in [6.45, 7) is 7.89. The maximum absolute atomic E-state index is 5.72. The van der Waals surface area contributed by atoms with Gasteiger partial charge in [-0.25, -0.2) is 0 Å². The standard InChI is InChI=1S/C22H43O2/c1-3-4-5-6-7-8-9-10-11-12-13-14-15-16-19-23-20-22-18-17-21(2)24-22/h21-22H,2-20H2,1H3/t21-,22-/m1/s1. The summed E-state index contributed by atoms with van der Waals surface area (Å²) < 4.78 is 11.4. The molecule has 0 saturated carbocycles. The Hall–Kier alpha value is -0.0800. The van der Waals surface area contributed by atoms with E-state index in [1.165, 1.54) is 89.9 Å². The summed E-state index contributed by atoms with van der Waals surface area (Å²) >= 11 is 0. The summed E-state index contributed by atoms with van der Waals surface area (Å²) in [6, 6.07) is 0. The van der Waals surface area contributed by atoms with Crippen LogP contribution in [0.2, 0.25) is 0 Å². The number of ether oxygens (including phenoxy) is 2. The largest absolute Gasteiger partial charge is 0.379 e. The lowest BCUT2D eigenvalue weighted by atomic mass is 10.0. The Morgan fingerprint density at radius 1 is 0.750 bits per heavy atom. The lowest BCUT2D eigenvalue weighted by Gasteiger charge is -2.11. The molecule has 0 spiro atoms. The molecule has 0 bridgehead atoms. The molecule has 2 nitrogen and oxygen atoms in total. The zero-order valence-corrected chi connectivity index (χ0v) is 16.4. The van der Waals surface area contributed by atoms with Crippen molar-refractivity contribution in [3.05, 3.63) is 6.92 Å². The van der Waals surface area contributed by atoms with Crippen LogP contribution < -0.4 is 0 Å². The minimum Gasteiger partial charge on any atom is -0.379 e. The quantitative estimate of drug-likeness (QED) is 0.269. The number of rotatable bonds is 17. The van der Waals surface area contributed by atoms with Crippen LogP contribution in [0, 0.1) is 6.92 Å². The van der Waals surface area contributed by atoms with E-state index in [4.69, 9.17) is 9.47 Å². The molecule has 1 radical (unpaired) electrons. The fourth-order valence-electron chi connectivity index (χ4n) is 3.52. The number of hydrogen-bond donors (Lipinski definition) is 0. The average molecular weight is 340 g/mol. The van der Waals surface area contributed by atoms with Crippen molar-refractivity contribution >= 4 is 0 Å². The second kappa shape index (κ2) is 16.4. The Morgan fingerprint density at radius 3 is 1.71 bits per heavy atom. The molecule has 0 aromatic carbocycles. The van der Waals surface area contributed by atoms with Gasteiger partial charge in [0.1, 0.15) is 0 Å². The Kier molecular flexibility index (Phi) is 15.0. The molecule has 24 heavy (non-hydrogen) atoms. The van der Waals surface area contributed by atoms with Crippen molar-refractivity contribution in [2.24, 2.45) is 0 Å². The van der Waals surface area contributed by atoms with Crippen molar-refractivity contribution in [3.63, 3.8) is 0 Å². The molecule has 2 atom stereocenters. The van der Waals surface area contributed by atoms with Crippen molar-refractivity contribution < 1.29 is 9.47 Å². The normalized spacial score (nSPS) is 20.8. The molecule has 0 unspecified atom stereocenters. The lowest BCUT2D eigenvalue weighted by Crippen LogP contribution is -2.16. The minimum absolute atomic E-state index is 0.194. The van der Waals surface area contributed by atoms with E-state index in [9.17, 15) is 0 Å². The van der Waals surface area contributed by atoms with Gasteiger partial charge in [0.05, 0.1) is 18.8 Å². The summed E-state index contributed by atoms with van der Waals surface area (Å²) in [5.74, 6) is 0. The minimum atomic E-state index is 0.194. The second-order valence-electron chi connectivity index (χ2n) is 7.63. The van der Waals surface area contributed by atoms with Gasteiger partial charge >= 0.3 is 0 Å². The molecule has 0 aliphatic carbocycles. The molecule has 2 heteroatoms. The molecule has 0 aromatic heterocycles. The van der Waals surface area contributed by atoms with Crippen LogP contribution in [0.15, 0.2) is 0 Å². The molecule has 1 saturated heterocycles. The number of hydrogen-bond acceptors (Lipinski definition) is 2. The van der Waals surface area contributed by atoms with Crippen LogP contribution >= 0.6 is 0 Å². The molecule has 1 rings (SSSR count). The second-order valence-corrected chi connectivity index (χ2v) is 7.63. The summed E-state index contributed by atoms with van der Waals surface area (Å²) in [5, 5.41) is 0. The van der Waals surface area contributed by atoms with Crippen molar-refractivity contribution in [1.29, 1.82) is 0 Å². The first kappa shape index (κ1) is 22.0. The summed E-state index contributed by atoms with van der Waals surface area (Å²) in [6.07, 6.45) is 22.4. The van der Waals surface area contributed by atoms with Gasteiger partial charge in [-0.2, -0.15) is 0 Å². The predicted molar refractivity (Wildman–Crippen MR) is 104 cm³/mol. The molecule has 0 aromatic rings. The third-order valence-electron chi connectivity index (χ3n) is 5.14. The van der Waals surface area contributed by atoms with Crippen LogP contribution in [0.25, 0.3) is 0 Å². The van der Waals surface area contributed by atoms with E-state index in [1.807, 2.05) is 0 Å². The van der Waals surface area contributed by atoms with E-state index < -0.39 is 0 Å². The van der Waals surface area contributed by atoms with E-state index in [-0.39, 0.29) is 6.10 Å². The highest BCUT2D eigenvalue weighted by Crippen LogP contribution is 2.19. The van der Waals surface area contributed by atoms with Crippen LogP contribution in [-0.4, -0.2) is 25.4 Å². The van der Waals surface area contributed by atoms with E-state index in [1.54, 1.807) is 0 Å². The number of unbranched alkanes of at least 4 members (excludes halogenated alkanes) is 13. The first-order valence-corrected chi connectivity index (χ1v) is 10.9. The van der Waals surface area contributed by atoms with Gasteiger partial charge in [0.25, 0.3) is 0 Å². The zero-order valence-electron chi connectivity index (χ0n) is 16.4. The smallest absolute Gasteiger partial charge is 0.0813 e. The van der Waals surface area contributed by atoms with Gasteiger partial charge < -0.3 is 9.47 Å². The highest BCUT2D eigenvalue weighted by Gasteiger charge is 2.21. The Labute approximate surface area is 152 Å². The summed E-state index contributed by atoms with van der Waals surface area (Å²) in [5.41, 5.74) is 0. The van der Waals surface area contributed by atoms with Gasteiger partial charge in [0.2, 0.25) is 0 Å². The van der Waals surface area contributed by atoms with E-state index in [0.717, 1.165) is 26.1 Å². The highest BCUT2D eigenvalue weighted by molar-refractivity contribution is 4.74. The third-order valence-corrected chi connectivity index (χ3v) is 5.14. The first-order chi connectivity index (χ1) is 11.8. The molecule has 0 amide bonds. The van der Waals surface area contributed by atoms with Crippen molar-refractivity contribution in [2.45, 2.75) is 122 Å². The van der Waals surface area contributed by atoms with Gasteiger partial charge in [0, 0.05) is 6.61 Å². The first-order valence-electron chi connectivity index (χ1n) is 10.9. The van der Waals surface area contributed by atoms with Crippen LogP contribution in [0.1, 0.15) is 110 Å². The SMILES string of the molecule is [CH2][C@@H]1CC[C@H](COCCCCCCCCCCCCCCCC)O1. The third kappa shape index (κ3) is 13.2. The Balaban J connectivity index is 1.66. The maximum atomic E-state index is 5.72. The molecular formula is C22H43O2. The molecular weight excluding hydrogens is 296 g/mol. The predicted octanol–water partition coefficient (Wildman–Crippen LogP) is 6.87. The van der Waals surface area contributed by atoms with Crippen LogP contribution in [-0.2, 0) is 9.47 Å². The summed E-state index contributed by atoms with van der Waals surface area (Å²) in [7, 11) is 0. The van der Waals surface area contributed by atoms with Crippen molar-refractivity contribution in [3.8, 4) is 0 Å². The topological polar surface area (TPSA) is 18.5 Å². The van der Waals surface area contributed by atoms with Crippen LogP contribution in [0.5, 0.6) is 0 Å². The van der Waals surface area contributed by atoms with Crippen LogP contribution in [0.3, 0.4) is 0 Å². The van der Waals surface area contributed by atoms with Gasteiger partial charge in [-0.05, 0) is 26.2 Å². The molecule has 0 N–H and O–H groups in total. The van der Waals surface area contributed by atoms with E-state index in [0.29, 0.717) is 6.10 Å². The van der Waals surface area contributed by atoms with Gasteiger partial charge in [0.15, 0.2) is 0 Å². The zero-order chi connectivity index (χ0) is 17.3. The molecule has 1 aliphatic heterocycles. The fourth-order valence-corrected chi connectivity index (χ4v) is 3.52. The monoisotopic (exact) mass is 339 g/mol. The maximum Gasteiger partial charge on any atom is 0.0813 e. The summed E-state index contributed by atoms with van der Waals surface area (Å²) in [4.78, 5) is 0.